The van der Waals surface area contributed by atoms with Crippen LogP contribution in [0.2, 0.25) is 0 Å². The molecule has 2 heterocycles. The standard InChI is InChI=1S/C32H44N2O7/c1-30(2,3)26-27(35)34-19-32(38,18-24(34)28(36)40-7)23-11-10-20-17-25(39-6)21(15-22(20)16-23)9-8-12-31(4,5)13-14-41-29(37)33-26/h10-11,15-17,24,26,38H,8-9,12-14,18-19H2,1-7H3,(H,33,37)/t24-,26+,32-/m0/s1. The number of carbonyl (C=O) groups excluding carboxylic acids is 3. The fourth-order valence-electron chi connectivity index (χ4n) is 5.95. The van der Waals surface area contributed by atoms with E-state index in [0.717, 1.165) is 41.3 Å². The first kappa shape index (κ1) is 30.6. The quantitative estimate of drug-likeness (QED) is 0.505. The van der Waals surface area contributed by atoms with Crippen LogP contribution in [0.5, 0.6) is 5.75 Å². The van der Waals surface area contributed by atoms with E-state index < -0.39 is 41.1 Å². The predicted molar refractivity (Wildman–Crippen MR) is 156 cm³/mol. The van der Waals surface area contributed by atoms with Gasteiger partial charge in [0, 0.05) is 6.42 Å². The van der Waals surface area contributed by atoms with E-state index in [-0.39, 0.29) is 25.0 Å². The van der Waals surface area contributed by atoms with E-state index >= 15 is 0 Å². The normalized spacial score (nSPS) is 25.7. The lowest BCUT2D eigenvalue weighted by Gasteiger charge is -2.35. The number of alkyl carbamates (subject to hydrolysis) is 1. The summed E-state index contributed by atoms with van der Waals surface area (Å²) in [6, 6.07) is 7.76. The Kier molecular flexibility index (Phi) is 8.60. The van der Waals surface area contributed by atoms with Crippen LogP contribution in [0.15, 0.2) is 30.3 Å². The van der Waals surface area contributed by atoms with E-state index in [1.54, 1.807) is 7.11 Å². The number of benzene rings is 2. The molecule has 3 atom stereocenters. The third kappa shape index (κ3) is 6.61. The van der Waals surface area contributed by atoms with Gasteiger partial charge in [0.15, 0.2) is 0 Å². The van der Waals surface area contributed by atoms with Crippen molar-refractivity contribution in [3.8, 4) is 5.75 Å². The van der Waals surface area contributed by atoms with Gasteiger partial charge in [0.2, 0.25) is 5.91 Å². The predicted octanol–water partition coefficient (Wildman–Crippen LogP) is 4.70. The van der Waals surface area contributed by atoms with E-state index in [0.29, 0.717) is 12.0 Å². The van der Waals surface area contributed by atoms with E-state index in [1.165, 1.54) is 12.0 Å². The second-order valence-corrected chi connectivity index (χ2v) is 13.3. The smallest absolute Gasteiger partial charge is 0.407 e. The molecule has 0 unspecified atom stereocenters. The number of aryl methyl sites for hydroxylation is 1. The number of cyclic esters (lactones) is 1. The van der Waals surface area contributed by atoms with Gasteiger partial charge in [0.05, 0.1) is 27.4 Å². The Morgan fingerprint density at radius 3 is 2.49 bits per heavy atom. The summed E-state index contributed by atoms with van der Waals surface area (Å²) in [6.07, 6.45) is 2.58. The Morgan fingerprint density at radius 2 is 1.83 bits per heavy atom. The molecule has 0 aliphatic carbocycles. The van der Waals surface area contributed by atoms with Gasteiger partial charge in [-0.1, -0.05) is 46.8 Å². The summed E-state index contributed by atoms with van der Waals surface area (Å²) in [5.41, 5.74) is -0.602. The van der Waals surface area contributed by atoms with Crippen molar-refractivity contribution < 1.29 is 33.7 Å². The van der Waals surface area contributed by atoms with Crippen molar-refractivity contribution in [2.24, 2.45) is 10.8 Å². The Bertz CT molecular complexity index is 1320. The molecular formula is C32H44N2O7. The fraction of sp³-hybridized carbons (Fsp3) is 0.594. The van der Waals surface area contributed by atoms with Crippen molar-refractivity contribution in [1.29, 1.82) is 0 Å². The van der Waals surface area contributed by atoms with Crippen molar-refractivity contribution in [2.45, 2.75) is 84.4 Å². The Morgan fingerprint density at radius 1 is 1.10 bits per heavy atom. The number of carbonyl (C=O) groups is 3. The number of rotatable bonds is 2. The van der Waals surface area contributed by atoms with Gasteiger partial charge in [-0.3, -0.25) is 4.79 Å². The molecule has 2 aliphatic rings. The molecule has 2 N–H and O–H groups in total. The summed E-state index contributed by atoms with van der Waals surface area (Å²) in [4.78, 5) is 41.1. The van der Waals surface area contributed by atoms with Crippen LogP contribution in [0, 0.1) is 10.8 Å². The molecule has 9 heteroatoms. The highest BCUT2D eigenvalue weighted by molar-refractivity contribution is 5.91. The zero-order valence-electron chi connectivity index (χ0n) is 25.3. The number of aliphatic hydroxyl groups is 1. The summed E-state index contributed by atoms with van der Waals surface area (Å²) in [6.45, 7) is 9.88. The Hall–Kier alpha value is -3.33. The zero-order chi connectivity index (χ0) is 30.2. The van der Waals surface area contributed by atoms with Gasteiger partial charge in [0.1, 0.15) is 23.4 Å². The summed E-state index contributed by atoms with van der Waals surface area (Å²) in [5.74, 6) is -0.294. The molecule has 1 saturated heterocycles. The maximum Gasteiger partial charge on any atom is 0.407 e. The van der Waals surface area contributed by atoms with Crippen LogP contribution in [0.3, 0.4) is 0 Å². The third-order valence-electron chi connectivity index (χ3n) is 8.56. The maximum atomic E-state index is 14.0. The molecule has 4 rings (SSSR count). The Balaban J connectivity index is 1.81. The minimum absolute atomic E-state index is 0.0314. The van der Waals surface area contributed by atoms with E-state index in [2.05, 4.69) is 25.2 Å². The number of methoxy groups -OCH3 is 2. The lowest BCUT2D eigenvalue weighted by molar-refractivity contribution is -0.152. The summed E-state index contributed by atoms with van der Waals surface area (Å²) in [5, 5.41) is 16.6. The number of fused-ring (bicyclic) bond motifs is 5. The molecule has 2 aromatic carbocycles. The summed E-state index contributed by atoms with van der Waals surface area (Å²) < 4.78 is 16.3. The third-order valence-corrected chi connectivity index (χ3v) is 8.56. The van der Waals surface area contributed by atoms with Crippen molar-refractivity contribution >= 4 is 28.7 Å². The molecule has 2 aliphatic heterocycles. The average Bonchev–Trinajstić information content (AvgIpc) is 3.27. The molecule has 0 aromatic heterocycles. The molecule has 1 fully saturated rings. The second kappa shape index (κ2) is 11.5. The topological polar surface area (TPSA) is 114 Å². The Labute approximate surface area is 242 Å². The number of esters is 1. The average molecular weight is 569 g/mol. The molecule has 5 bridgehead atoms. The molecule has 0 radical (unpaired) electrons. The molecule has 0 saturated carbocycles. The van der Waals surface area contributed by atoms with Crippen LogP contribution in [-0.2, 0) is 31.1 Å². The molecule has 9 nitrogen and oxygen atoms in total. The number of amides is 2. The summed E-state index contributed by atoms with van der Waals surface area (Å²) in [7, 11) is 2.92. The second-order valence-electron chi connectivity index (χ2n) is 13.3. The van der Waals surface area contributed by atoms with Crippen LogP contribution in [0.1, 0.15) is 71.4 Å². The molecule has 41 heavy (non-hydrogen) atoms. The molecular weight excluding hydrogens is 524 g/mol. The minimum atomic E-state index is -1.50. The first-order chi connectivity index (χ1) is 19.2. The maximum absolute atomic E-state index is 14.0. The van der Waals surface area contributed by atoms with Crippen LogP contribution < -0.4 is 10.1 Å². The van der Waals surface area contributed by atoms with Gasteiger partial charge in [-0.25, -0.2) is 9.59 Å². The number of ether oxygens (including phenoxy) is 3. The van der Waals surface area contributed by atoms with Crippen LogP contribution >= 0.6 is 0 Å². The number of nitrogens with one attached hydrogen (secondary N) is 1. The van der Waals surface area contributed by atoms with Gasteiger partial charge in [-0.05, 0) is 76.6 Å². The summed E-state index contributed by atoms with van der Waals surface area (Å²) >= 11 is 0. The molecule has 2 aromatic rings. The molecule has 2 amide bonds. The first-order valence-corrected chi connectivity index (χ1v) is 14.3. The number of nitrogens with zero attached hydrogens (tertiary/aromatic N) is 1. The lowest BCUT2D eigenvalue weighted by Crippen LogP contribution is -2.57. The van der Waals surface area contributed by atoms with Crippen molar-refractivity contribution in [1.82, 2.24) is 10.2 Å². The van der Waals surface area contributed by atoms with Crippen LogP contribution in [0.4, 0.5) is 4.79 Å². The first-order valence-electron chi connectivity index (χ1n) is 14.3. The van der Waals surface area contributed by atoms with Crippen molar-refractivity contribution in [3.05, 3.63) is 41.5 Å². The lowest BCUT2D eigenvalue weighted by atomic mass is 9.83. The zero-order valence-corrected chi connectivity index (χ0v) is 25.3. The van der Waals surface area contributed by atoms with Crippen molar-refractivity contribution in [3.63, 3.8) is 0 Å². The number of hydrogen-bond donors (Lipinski definition) is 2. The van der Waals surface area contributed by atoms with E-state index in [4.69, 9.17) is 14.2 Å². The highest BCUT2D eigenvalue weighted by Gasteiger charge is 2.52. The SMILES string of the molecule is COC(=O)[C@@H]1C[C@]2(O)CN1C(=O)[C@H](C(C)(C)C)NC(=O)OCCC(C)(C)CCCc1cc3cc2ccc3cc1OC. The highest BCUT2D eigenvalue weighted by Crippen LogP contribution is 2.40. The largest absolute Gasteiger partial charge is 0.496 e. The van der Waals surface area contributed by atoms with Crippen molar-refractivity contribution in [2.75, 3.05) is 27.4 Å². The number of hydrogen-bond acceptors (Lipinski definition) is 7. The van der Waals surface area contributed by atoms with Gasteiger partial charge >= 0.3 is 12.1 Å². The van der Waals surface area contributed by atoms with E-state index in [9.17, 15) is 19.5 Å². The highest BCUT2D eigenvalue weighted by atomic mass is 16.5. The van der Waals surface area contributed by atoms with Gasteiger partial charge in [-0.2, -0.15) is 0 Å². The fourth-order valence-corrected chi connectivity index (χ4v) is 5.95. The monoisotopic (exact) mass is 568 g/mol. The molecule has 0 spiro atoms. The molecule has 224 valence electrons. The van der Waals surface area contributed by atoms with Gasteiger partial charge in [0.25, 0.3) is 0 Å². The van der Waals surface area contributed by atoms with Gasteiger partial charge < -0.3 is 29.5 Å². The van der Waals surface area contributed by atoms with Crippen LogP contribution in [0.25, 0.3) is 10.8 Å². The minimum Gasteiger partial charge on any atom is -0.496 e. The van der Waals surface area contributed by atoms with Crippen LogP contribution in [-0.4, -0.2) is 67.4 Å². The van der Waals surface area contributed by atoms with Gasteiger partial charge in [-0.15, -0.1) is 0 Å². The van der Waals surface area contributed by atoms with E-state index in [1.807, 2.05) is 45.0 Å².